The van der Waals surface area contributed by atoms with Gasteiger partial charge in [0.15, 0.2) is 22.8 Å². The SMILES string of the molecule is CN(C)[C@@H]1C(=O)C(C(N)=O)=C(O)[C@@]2(O)C(=O)C3=C(O)c4c(O)ccc(C#CCCC#Cc5ccc(O)c6c5C[C@H]5C[C@H]7[C@H](N(C)C)C(=O)C(C(N)O)=C(O)[C@@]7(O)C(=O)C5=C6O)c4C[C@H]3C[C@@H]12. The van der Waals surface area contributed by atoms with E-state index in [1.807, 2.05) is 0 Å². The minimum absolute atomic E-state index is 0.0518. The summed E-state index contributed by atoms with van der Waals surface area (Å²) in [5.41, 5.74) is 4.82. The van der Waals surface area contributed by atoms with Crippen LogP contribution >= 0.6 is 0 Å². The monoisotopic (exact) mass is 904 g/mol. The molecule has 13 N–H and O–H groups in total. The number of carbonyl (C=O) groups excluding carboxylic acids is 5. The van der Waals surface area contributed by atoms with E-state index in [9.17, 15) is 69.9 Å². The van der Waals surface area contributed by atoms with Crippen LogP contribution in [0.15, 0.2) is 58.1 Å². The first-order valence-electron chi connectivity index (χ1n) is 21.1. The maximum Gasteiger partial charge on any atom is 0.255 e. The van der Waals surface area contributed by atoms with E-state index in [2.05, 4.69) is 23.7 Å². The second-order valence-corrected chi connectivity index (χ2v) is 18.1. The summed E-state index contributed by atoms with van der Waals surface area (Å²) in [5, 5.41) is 101. The number of phenolic OH excluding ortho intramolecular Hbond substituents is 2. The second kappa shape index (κ2) is 16.0. The van der Waals surface area contributed by atoms with Crippen LogP contribution in [0.25, 0.3) is 11.5 Å². The van der Waals surface area contributed by atoms with Gasteiger partial charge in [0.1, 0.15) is 46.3 Å². The Balaban J connectivity index is 1.07. The molecule has 0 aliphatic heterocycles. The standard InChI is InChI=1S/C48H48N4O14/c1-51(2)35-25-17-21-15-23-19(11-13-27(53)31(23)37(55)29(21)41(59)47(25,65)43(61)33(39(35)57)45(49)63)9-7-5-6-8-10-20-12-14-28(54)32-24(20)16-22-18-26-36(52(3)4)40(58)34(46(50)64)44(62)48(26,66)42(60)30(22)38(32)56/h11-14,21-22,25-26,35-36,45,53-56,61-63,65-66H,5-6,15-18,49H2,1-4H3,(H2,50,64)/t21-,22-,25-,26-,35-,36-,45?,47-,48-/m0/s1. The summed E-state index contributed by atoms with van der Waals surface area (Å²) >= 11 is 0. The third-order valence-electron chi connectivity index (χ3n) is 14.1. The number of amides is 1. The number of benzene rings is 2. The number of hydrogen-bond donors (Lipinski definition) is 11. The summed E-state index contributed by atoms with van der Waals surface area (Å²) in [6, 6.07) is 3.27. The number of carbonyl (C=O) groups is 5. The molecule has 0 spiro atoms. The van der Waals surface area contributed by atoms with Gasteiger partial charge in [-0.15, -0.1) is 0 Å². The molecular weight excluding hydrogens is 857 g/mol. The molecule has 18 heteroatoms. The van der Waals surface area contributed by atoms with E-state index in [-0.39, 0.29) is 72.3 Å². The lowest BCUT2D eigenvalue weighted by atomic mass is 9.57. The number of rotatable bonds is 5. The number of phenols is 2. The normalized spacial score (nSPS) is 29.5. The molecule has 66 heavy (non-hydrogen) atoms. The van der Waals surface area contributed by atoms with Crippen molar-refractivity contribution < 1.29 is 69.9 Å². The minimum atomic E-state index is -2.77. The van der Waals surface area contributed by atoms with Crippen LogP contribution < -0.4 is 11.5 Å². The first-order chi connectivity index (χ1) is 31.0. The van der Waals surface area contributed by atoms with Crippen LogP contribution in [-0.4, -0.2) is 143 Å². The molecule has 9 atom stereocenters. The van der Waals surface area contributed by atoms with Gasteiger partial charge in [-0.1, -0.05) is 23.7 Å². The number of ketones is 4. The van der Waals surface area contributed by atoms with Crippen molar-refractivity contribution in [2.75, 3.05) is 28.2 Å². The van der Waals surface area contributed by atoms with Crippen molar-refractivity contribution in [3.63, 3.8) is 0 Å². The number of aliphatic hydroxyl groups excluding tert-OH is 5. The predicted octanol–water partition coefficient (Wildman–Crippen LogP) is 0.217. The van der Waals surface area contributed by atoms with Gasteiger partial charge in [-0.25, -0.2) is 0 Å². The number of hydrogen-bond acceptors (Lipinski definition) is 17. The largest absolute Gasteiger partial charge is 0.508 e. The highest BCUT2D eigenvalue weighted by Crippen LogP contribution is 2.55. The van der Waals surface area contributed by atoms with Crippen molar-refractivity contribution in [3.8, 4) is 35.2 Å². The topological polar surface area (TPSA) is 326 Å². The Labute approximate surface area is 377 Å². The fraction of sp³-hybridized carbons (Fsp3) is 0.396. The van der Waals surface area contributed by atoms with Gasteiger partial charge in [-0.2, -0.15) is 0 Å². The van der Waals surface area contributed by atoms with E-state index in [4.69, 9.17) is 11.5 Å². The summed E-state index contributed by atoms with van der Waals surface area (Å²) in [6.07, 6.45) is -1.59. The zero-order valence-corrected chi connectivity index (χ0v) is 36.2. The number of aromatic hydroxyl groups is 2. The zero-order chi connectivity index (χ0) is 48.2. The van der Waals surface area contributed by atoms with Crippen molar-refractivity contribution in [3.05, 3.63) is 91.5 Å². The maximum absolute atomic E-state index is 14.2. The van der Waals surface area contributed by atoms with E-state index < -0.39 is 116 Å². The quantitative estimate of drug-likeness (QED) is 0.0827. The van der Waals surface area contributed by atoms with Crippen molar-refractivity contribution in [2.24, 2.45) is 35.1 Å². The van der Waals surface area contributed by atoms with Gasteiger partial charge in [-0.3, -0.25) is 33.8 Å². The Morgan fingerprint density at radius 2 is 1.11 bits per heavy atom. The van der Waals surface area contributed by atoms with Crippen LogP contribution in [0.4, 0.5) is 0 Å². The lowest BCUT2D eigenvalue weighted by molar-refractivity contribution is -0.155. The number of nitrogens with two attached hydrogens (primary N) is 2. The molecule has 2 fully saturated rings. The van der Waals surface area contributed by atoms with Crippen LogP contribution in [0.3, 0.4) is 0 Å². The highest BCUT2D eigenvalue weighted by Gasteiger charge is 2.65. The Bertz CT molecular complexity index is 2870. The predicted molar refractivity (Wildman–Crippen MR) is 232 cm³/mol. The Hall–Kier alpha value is -6.77. The van der Waals surface area contributed by atoms with Gasteiger partial charge < -0.3 is 57.4 Å². The number of Topliss-reactive ketones (excluding diaryl/α,β-unsaturated/α-hetero) is 4. The van der Waals surface area contributed by atoms with Gasteiger partial charge in [0.2, 0.25) is 11.6 Å². The first kappa shape index (κ1) is 45.8. The van der Waals surface area contributed by atoms with Gasteiger partial charge in [0, 0.05) is 47.0 Å². The molecule has 1 amide bonds. The molecule has 0 aromatic heterocycles. The fourth-order valence-electron chi connectivity index (χ4n) is 11.2. The lowest BCUT2D eigenvalue weighted by Gasteiger charge is -2.50. The van der Waals surface area contributed by atoms with Crippen molar-refractivity contribution >= 4 is 40.6 Å². The van der Waals surface area contributed by atoms with Crippen molar-refractivity contribution in [1.29, 1.82) is 0 Å². The van der Waals surface area contributed by atoms with E-state index >= 15 is 0 Å². The third kappa shape index (κ3) is 6.39. The van der Waals surface area contributed by atoms with E-state index in [1.54, 1.807) is 26.2 Å². The molecule has 0 bridgehead atoms. The van der Waals surface area contributed by atoms with E-state index in [0.717, 1.165) is 0 Å². The summed E-state index contributed by atoms with van der Waals surface area (Å²) in [4.78, 5) is 70.4. The summed E-state index contributed by atoms with van der Waals surface area (Å²) in [6.45, 7) is 0. The number of primary amides is 1. The molecule has 344 valence electrons. The number of aliphatic hydroxyl groups is 7. The summed E-state index contributed by atoms with van der Waals surface area (Å²) in [7, 11) is 6.11. The lowest BCUT2D eigenvalue weighted by Crippen LogP contribution is -2.66. The highest BCUT2D eigenvalue weighted by atomic mass is 16.4. The first-order valence-corrected chi connectivity index (χ1v) is 21.1. The smallest absolute Gasteiger partial charge is 0.255 e. The number of fused-ring (bicyclic) bond motifs is 6. The molecule has 2 aromatic carbocycles. The minimum Gasteiger partial charge on any atom is -0.508 e. The van der Waals surface area contributed by atoms with Gasteiger partial charge in [0.05, 0.1) is 28.8 Å². The Morgan fingerprint density at radius 1 is 0.697 bits per heavy atom. The Kier molecular flexibility index (Phi) is 11.1. The molecule has 0 radical (unpaired) electrons. The van der Waals surface area contributed by atoms with Crippen LogP contribution in [0.2, 0.25) is 0 Å². The number of unbranched alkanes of at least 4 members (excludes halogenated alkanes) is 1. The summed E-state index contributed by atoms with van der Waals surface area (Å²) in [5.74, 6) is -1.27. The fourth-order valence-corrected chi connectivity index (χ4v) is 11.2. The molecule has 0 heterocycles. The van der Waals surface area contributed by atoms with Crippen LogP contribution in [-0.2, 0) is 36.8 Å². The van der Waals surface area contributed by atoms with E-state index in [1.165, 1.54) is 36.0 Å². The van der Waals surface area contributed by atoms with Crippen molar-refractivity contribution in [1.82, 2.24) is 9.80 Å². The van der Waals surface area contributed by atoms with Gasteiger partial charge in [-0.05, 0) is 101 Å². The van der Waals surface area contributed by atoms with E-state index in [0.29, 0.717) is 22.3 Å². The van der Waals surface area contributed by atoms with Gasteiger partial charge >= 0.3 is 0 Å². The summed E-state index contributed by atoms with van der Waals surface area (Å²) < 4.78 is 0. The molecule has 0 saturated heterocycles. The molecular formula is C48H48N4O14. The average Bonchev–Trinajstić information content (AvgIpc) is 3.22. The van der Waals surface area contributed by atoms with Crippen molar-refractivity contribution in [2.45, 2.75) is 68.0 Å². The molecule has 2 aromatic rings. The molecule has 6 aliphatic rings. The van der Waals surface area contributed by atoms with Gasteiger partial charge in [0.25, 0.3) is 5.91 Å². The third-order valence-corrected chi connectivity index (χ3v) is 14.1. The molecule has 18 nitrogen and oxygen atoms in total. The zero-order valence-electron chi connectivity index (χ0n) is 36.2. The average molecular weight is 905 g/mol. The maximum atomic E-state index is 14.2. The van der Waals surface area contributed by atoms with Crippen LogP contribution in [0.5, 0.6) is 11.5 Å². The molecule has 2 saturated carbocycles. The Morgan fingerprint density at radius 3 is 1.50 bits per heavy atom. The number of nitrogens with zero attached hydrogens (tertiary/aromatic N) is 2. The molecule has 6 aliphatic carbocycles. The molecule has 8 rings (SSSR count). The van der Waals surface area contributed by atoms with Crippen LogP contribution in [0.1, 0.15) is 59.1 Å². The number of likely N-dealkylation sites (N-methyl/N-ethyl adjacent to an activating group) is 2. The second-order valence-electron chi connectivity index (χ2n) is 18.1. The highest BCUT2D eigenvalue weighted by molar-refractivity contribution is 6.24. The van der Waals surface area contributed by atoms with Crippen LogP contribution in [0, 0.1) is 47.4 Å². The molecule has 1 unspecified atom stereocenters.